The zero-order valence-electron chi connectivity index (χ0n) is 9.55. The number of alkyl halides is 4. The van der Waals surface area contributed by atoms with Crippen LogP contribution in [0.1, 0.15) is 5.56 Å². The van der Waals surface area contributed by atoms with Crippen molar-refractivity contribution in [3.63, 3.8) is 0 Å². The van der Waals surface area contributed by atoms with Crippen LogP contribution in [0.4, 0.5) is 13.2 Å². The monoisotopic (exact) mass is 362 g/mol. The van der Waals surface area contributed by atoms with Crippen LogP contribution in [0, 0.1) is 7.14 Å². The third-order valence-corrected chi connectivity index (χ3v) is 8.39. The molecule has 1 heterocycles. The Balaban J connectivity index is 2.20. The Morgan fingerprint density at radius 3 is 2.28 bits per heavy atom. The number of fused-ring (bicyclic) bond motifs is 3. The van der Waals surface area contributed by atoms with Gasteiger partial charge in [0.05, 0.1) is 0 Å². The third kappa shape index (κ3) is 1.74. The molecule has 2 aromatic rings. The first kappa shape index (κ1) is 12.0. The Kier molecular flexibility index (Phi) is 2.66. The normalized spacial score (nSPS) is 15.4. The summed E-state index contributed by atoms with van der Waals surface area (Å²) in [7, 11) is 0. The van der Waals surface area contributed by atoms with E-state index in [4.69, 9.17) is 0 Å². The van der Waals surface area contributed by atoms with Crippen LogP contribution < -0.4 is 0 Å². The second kappa shape index (κ2) is 3.98. The molecule has 0 nitrogen and oxygen atoms in total. The predicted octanol–water partition coefficient (Wildman–Crippen LogP) is 4.86. The Hall–Kier alpha value is -1.04. The van der Waals surface area contributed by atoms with E-state index in [-0.39, 0.29) is 0 Å². The fraction of sp³-hybridized carbons (Fsp3) is 0.143. The average Bonchev–Trinajstić information content (AvgIpc) is 2.63. The summed E-state index contributed by atoms with van der Waals surface area (Å²) in [6, 6.07) is 12.1. The van der Waals surface area contributed by atoms with Crippen LogP contribution in [0.3, 0.4) is 0 Å². The number of rotatable bonds is 0. The van der Waals surface area contributed by atoms with Crippen LogP contribution in [-0.2, 0) is 6.18 Å². The van der Waals surface area contributed by atoms with E-state index in [1.165, 1.54) is 15.7 Å². The molecule has 0 N–H and O–H groups in total. The van der Waals surface area contributed by atoms with Crippen molar-refractivity contribution >= 4 is 19.8 Å². The summed E-state index contributed by atoms with van der Waals surface area (Å²) in [4.78, 5) is 2.11. The molecule has 2 aromatic carbocycles. The second-order valence-electron chi connectivity index (χ2n) is 4.14. The maximum atomic E-state index is 12.7. The molecule has 18 heavy (non-hydrogen) atoms. The van der Waals surface area contributed by atoms with Crippen molar-refractivity contribution in [2.75, 3.05) is 4.93 Å². The van der Waals surface area contributed by atoms with E-state index in [0.29, 0.717) is 0 Å². The Morgan fingerprint density at radius 1 is 0.889 bits per heavy atom. The van der Waals surface area contributed by atoms with Gasteiger partial charge in [-0.3, -0.25) is 0 Å². The Labute approximate surface area is 110 Å². The van der Waals surface area contributed by atoms with E-state index in [2.05, 4.69) is 4.93 Å². The van der Waals surface area contributed by atoms with Crippen molar-refractivity contribution in [1.29, 1.82) is 0 Å². The molecule has 0 fully saturated rings. The van der Waals surface area contributed by atoms with Crippen molar-refractivity contribution in [3.8, 4) is 11.1 Å². The molecule has 1 aliphatic heterocycles. The summed E-state index contributed by atoms with van der Waals surface area (Å²) in [5.41, 5.74) is 1.58. The summed E-state index contributed by atoms with van der Waals surface area (Å²) >= 11 is -1.63. The van der Waals surface area contributed by atoms with Crippen molar-refractivity contribution in [2.45, 2.75) is 6.18 Å². The van der Waals surface area contributed by atoms with Crippen LogP contribution in [0.5, 0.6) is 0 Å². The van der Waals surface area contributed by atoms with E-state index in [0.717, 1.165) is 14.7 Å². The van der Waals surface area contributed by atoms with Gasteiger partial charge in [0.25, 0.3) is 0 Å². The first-order chi connectivity index (χ1) is 8.48. The van der Waals surface area contributed by atoms with Gasteiger partial charge in [-0.25, -0.2) is 0 Å². The first-order valence-electron chi connectivity index (χ1n) is 5.39. The van der Waals surface area contributed by atoms with Gasteiger partial charge in [-0.1, -0.05) is 0 Å². The van der Waals surface area contributed by atoms with Gasteiger partial charge in [0, 0.05) is 0 Å². The molecule has 0 aliphatic carbocycles. The zero-order valence-corrected chi connectivity index (χ0v) is 11.7. The number of hydrogen-bond acceptors (Lipinski definition) is 0. The Morgan fingerprint density at radius 2 is 1.56 bits per heavy atom. The number of hydrogen-bond donors (Lipinski definition) is 0. The zero-order chi connectivity index (χ0) is 12.9. The molecule has 0 bridgehead atoms. The van der Waals surface area contributed by atoms with Crippen LogP contribution in [0.2, 0.25) is 0 Å². The summed E-state index contributed by atoms with van der Waals surface area (Å²) in [6.45, 7) is 0. The Bertz CT molecular complexity index is 617. The molecule has 0 saturated carbocycles. The molecule has 0 atom stereocenters. The standard InChI is InChI=1S/C14H10F3I/c1-18-12-5-3-2-4-10(12)11-7-6-9(8-13(11)18)14(15,16)17/h2-8H,1H3. The van der Waals surface area contributed by atoms with Crippen molar-refractivity contribution < 1.29 is 13.2 Å². The molecule has 3 rings (SSSR count). The SMILES string of the molecule is CI1c2ccccc2-c2ccc(C(F)(F)F)cc21. The van der Waals surface area contributed by atoms with E-state index in [9.17, 15) is 13.2 Å². The van der Waals surface area contributed by atoms with Gasteiger partial charge in [0.1, 0.15) is 0 Å². The molecule has 1 aliphatic rings. The molecule has 0 radical (unpaired) electrons. The van der Waals surface area contributed by atoms with Crippen LogP contribution in [-0.4, -0.2) is 4.93 Å². The minimum atomic E-state index is -4.25. The van der Waals surface area contributed by atoms with Gasteiger partial charge in [-0.05, 0) is 0 Å². The van der Waals surface area contributed by atoms with Crippen LogP contribution >= 0.6 is 19.8 Å². The fourth-order valence-corrected chi connectivity index (χ4v) is 7.04. The summed E-state index contributed by atoms with van der Waals surface area (Å²) in [5.74, 6) is 0. The van der Waals surface area contributed by atoms with Crippen molar-refractivity contribution in [1.82, 2.24) is 0 Å². The fourth-order valence-electron chi connectivity index (χ4n) is 2.18. The molecule has 0 unspecified atom stereocenters. The minimum absolute atomic E-state index is 0.529. The molecule has 0 amide bonds. The molecule has 94 valence electrons. The number of benzene rings is 2. The van der Waals surface area contributed by atoms with Gasteiger partial charge in [-0.2, -0.15) is 0 Å². The number of halogens is 4. The third-order valence-electron chi connectivity index (χ3n) is 3.07. The summed E-state index contributed by atoms with van der Waals surface area (Å²) < 4.78 is 40.4. The van der Waals surface area contributed by atoms with Crippen LogP contribution in [0.15, 0.2) is 42.5 Å². The van der Waals surface area contributed by atoms with Gasteiger partial charge in [-0.15, -0.1) is 0 Å². The molecule has 0 spiro atoms. The topological polar surface area (TPSA) is 0 Å². The molecule has 4 heteroatoms. The molecular weight excluding hydrogens is 352 g/mol. The van der Waals surface area contributed by atoms with Crippen LogP contribution in [0.25, 0.3) is 11.1 Å². The average molecular weight is 362 g/mol. The van der Waals surface area contributed by atoms with Crippen molar-refractivity contribution in [2.24, 2.45) is 0 Å². The molecular formula is C14H10F3I. The molecule has 0 aromatic heterocycles. The van der Waals surface area contributed by atoms with Gasteiger partial charge in [0.15, 0.2) is 0 Å². The predicted molar refractivity (Wildman–Crippen MR) is 74.2 cm³/mol. The van der Waals surface area contributed by atoms with E-state index in [1.807, 2.05) is 24.3 Å². The van der Waals surface area contributed by atoms with E-state index >= 15 is 0 Å². The quantitative estimate of drug-likeness (QED) is 0.464. The van der Waals surface area contributed by atoms with Gasteiger partial charge >= 0.3 is 110 Å². The van der Waals surface area contributed by atoms with Crippen molar-refractivity contribution in [3.05, 3.63) is 55.2 Å². The second-order valence-corrected chi connectivity index (χ2v) is 9.17. The van der Waals surface area contributed by atoms with E-state index < -0.39 is 31.6 Å². The maximum absolute atomic E-state index is 12.7. The first-order valence-corrected chi connectivity index (χ1v) is 9.70. The van der Waals surface area contributed by atoms with Gasteiger partial charge in [0.2, 0.25) is 0 Å². The van der Waals surface area contributed by atoms with Gasteiger partial charge < -0.3 is 0 Å². The van der Waals surface area contributed by atoms with E-state index in [1.54, 1.807) is 6.07 Å². The molecule has 0 saturated heterocycles. The summed E-state index contributed by atoms with van der Waals surface area (Å²) in [6.07, 6.45) is -4.25. The summed E-state index contributed by atoms with van der Waals surface area (Å²) in [5, 5.41) is 0.